The predicted molar refractivity (Wildman–Crippen MR) is 140 cm³/mol. The van der Waals surface area contributed by atoms with Crippen LogP contribution in [0.5, 0.6) is 0 Å². The van der Waals surface area contributed by atoms with Gasteiger partial charge in [-0.15, -0.1) is 5.10 Å². The van der Waals surface area contributed by atoms with E-state index in [2.05, 4.69) is 20.7 Å². The van der Waals surface area contributed by atoms with Gasteiger partial charge in [-0.3, -0.25) is 14.7 Å². The average Bonchev–Trinajstić information content (AvgIpc) is 3.43. The summed E-state index contributed by atoms with van der Waals surface area (Å²) in [7, 11) is 0. The molecule has 2 aromatic carbocycles. The van der Waals surface area contributed by atoms with Gasteiger partial charge in [-0.1, -0.05) is 53.2 Å². The van der Waals surface area contributed by atoms with Crippen LogP contribution in [0.3, 0.4) is 0 Å². The zero-order valence-electron chi connectivity index (χ0n) is 21.1. The lowest BCUT2D eigenvalue weighted by Gasteiger charge is -2.31. The van der Waals surface area contributed by atoms with Crippen molar-refractivity contribution >= 4 is 23.5 Å². The van der Waals surface area contributed by atoms with Crippen LogP contribution in [0.2, 0.25) is 5.02 Å². The van der Waals surface area contributed by atoms with Crippen molar-refractivity contribution < 1.29 is 24.2 Å². The molecule has 3 rings (SSSR count). The fourth-order valence-electron chi connectivity index (χ4n) is 4.05. The van der Waals surface area contributed by atoms with Gasteiger partial charge in [0, 0.05) is 24.3 Å². The van der Waals surface area contributed by atoms with E-state index >= 15 is 0 Å². The Morgan fingerprint density at radius 1 is 1.19 bits per heavy atom. The molecule has 0 fully saturated rings. The van der Waals surface area contributed by atoms with Gasteiger partial charge in [0.25, 0.3) is 5.91 Å². The number of hydrogen-bond acceptors (Lipinski definition) is 7. The number of benzene rings is 2. The lowest BCUT2D eigenvalue weighted by molar-refractivity contribution is -0.159. The van der Waals surface area contributed by atoms with Gasteiger partial charge in [-0.2, -0.15) is 0 Å². The minimum atomic E-state index is -1.02. The summed E-state index contributed by atoms with van der Waals surface area (Å²) in [4.78, 5) is 25.8. The monoisotopic (exact) mass is 528 g/mol. The molecule has 3 aromatic rings. The van der Waals surface area contributed by atoms with E-state index in [1.807, 2.05) is 48.5 Å². The third-order valence-electron chi connectivity index (χ3n) is 5.91. The van der Waals surface area contributed by atoms with E-state index in [0.717, 1.165) is 16.7 Å². The van der Waals surface area contributed by atoms with E-state index in [1.165, 1.54) is 6.20 Å². The first-order valence-corrected chi connectivity index (χ1v) is 12.6. The van der Waals surface area contributed by atoms with Gasteiger partial charge >= 0.3 is 5.97 Å². The molecule has 1 heterocycles. The fraction of sp³-hybridized carbons (Fsp3) is 0.407. The topological polar surface area (TPSA) is 126 Å². The number of carbonyl (C=O) groups excluding carboxylic acids is 2. The van der Waals surface area contributed by atoms with Crippen molar-refractivity contribution in [2.75, 3.05) is 26.4 Å². The zero-order chi connectivity index (χ0) is 26.7. The minimum Gasteiger partial charge on any atom is -0.466 e. The molecule has 198 valence electrons. The highest BCUT2D eigenvalue weighted by Gasteiger charge is 2.38. The molecule has 1 amide bonds. The molecule has 0 spiro atoms. The van der Waals surface area contributed by atoms with Gasteiger partial charge in [0.1, 0.15) is 0 Å². The van der Waals surface area contributed by atoms with Gasteiger partial charge in [0.2, 0.25) is 0 Å². The number of ether oxygens (including phenoxy) is 2. The molecule has 37 heavy (non-hydrogen) atoms. The second kappa shape index (κ2) is 13.9. The van der Waals surface area contributed by atoms with Gasteiger partial charge in [-0.05, 0) is 61.9 Å². The Balaban J connectivity index is 1.81. The Kier molecular flexibility index (Phi) is 10.6. The number of aromatic amines is 1. The SMILES string of the molecule is CCOC(=O)[C@](C)(COCCCO)C[C@@H](Cc1ccc(-c2cccc(Cl)c2)cc1)NC(=O)c1c[nH]nn1. The highest BCUT2D eigenvalue weighted by Crippen LogP contribution is 2.29. The van der Waals surface area contributed by atoms with Gasteiger partial charge in [-0.25, -0.2) is 0 Å². The molecule has 0 saturated carbocycles. The van der Waals surface area contributed by atoms with Crippen LogP contribution in [0.15, 0.2) is 54.7 Å². The van der Waals surface area contributed by atoms with Gasteiger partial charge in [0.15, 0.2) is 5.69 Å². The third-order valence-corrected chi connectivity index (χ3v) is 6.15. The van der Waals surface area contributed by atoms with Crippen LogP contribution in [0, 0.1) is 5.41 Å². The van der Waals surface area contributed by atoms with E-state index < -0.39 is 23.3 Å². The summed E-state index contributed by atoms with van der Waals surface area (Å²) in [5, 5.41) is 22.6. The Labute approximate surface area is 221 Å². The molecule has 0 radical (unpaired) electrons. The maximum absolute atomic E-state index is 13.0. The Hall–Kier alpha value is -3.27. The normalized spacial score (nSPS) is 13.5. The fourth-order valence-corrected chi connectivity index (χ4v) is 4.24. The molecule has 3 N–H and O–H groups in total. The molecule has 0 aliphatic carbocycles. The Morgan fingerprint density at radius 2 is 1.97 bits per heavy atom. The number of amides is 1. The van der Waals surface area contributed by atoms with Crippen molar-refractivity contribution in [3.63, 3.8) is 0 Å². The van der Waals surface area contributed by atoms with E-state index in [-0.39, 0.29) is 31.9 Å². The number of aromatic nitrogens is 3. The van der Waals surface area contributed by atoms with Crippen molar-refractivity contribution in [2.45, 2.75) is 39.2 Å². The first kappa shape index (κ1) is 28.3. The highest BCUT2D eigenvalue weighted by molar-refractivity contribution is 6.30. The Morgan fingerprint density at radius 3 is 2.62 bits per heavy atom. The third kappa shape index (κ3) is 8.38. The maximum atomic E-state index is 13.0. The van der Waals surface area contributed by atoms with Crippen LogP contribution in [0.4, 0.5) is 0 Å². The molecule has 0 bridgehead atoms. The van der Waals surface area contributed by atoms with E-state index in [4.69, 9.17) is 26.2 Å². The molecule has 10 heteroatoms. The summed E-state index contributed by atoms with van der Waals surface area (Å²) in [6.07, 6.45) is 2.61. The number of rotatable bonds is 14. The van der Waals surface area contributed by atoms with Crippen LogP contribution in [0.1, 0.15) is 42.7 Å². The lowest BCUT2D eigenvalue weighted by Crippen LogP contribution is -2.45. The van der Waals surface area contributed by atoms with Crippen LogP contribution in [-0.2, 0) is 20.7 Å². The number of nitrogens with one attached hydrogen (secondary N) is 2. The number of aliphatic hydroxyl groups excluding tert-OH is 1. The molecule has 0 unspecified atom stereocenters. The van der Waals surface area contributed by atoms with Crippen molar-refractivity contribution in [3.05, 3.63) is 71.0 Å². The Bertz CT molecular complexity index is 1140. The quantitative estimate of drug-likeness (QED) is 0.214. The van der Waals surface area contributed by atoms with Crippen LogP contribution < -0.4 is 5.32 Å². The van der Waals surface area contributed by atoms with Gasteiger partial charge < -0.3 is 19.9 Å². The molecule has 9 nitrogen and oxygen atoms in total. The predicted octanol–water partition coefficient (Wildman–Crippen LogP) is 3.82. The smallest absolute Gasteiger partial charge is 0.314 e. The van der Waals surface area contributed by atoms with Crippen LogP contribution in [-0.4, -0.2) is 64.9 Å². The summed E-state index contributed by atoms with van der Waals surface area (Å²) in [6.45, 7) is 4.14. The number of hydrogen-bond donors (Lipinski definition) is 3. The second-order valence-electron chi connectivity index (χ2n) is 9.06. The molecule has 0 aliphatic heterocycles. The first-order chi connectivity index (χ1) is 17.8. The van der Waals surface area contributed by atoms with Crippen molar-refractivity contribution in [3.8, 4) is 11.1 Å². The molecule has 2 atom stereocenters. The highest BCUT2D eigenvalue weighted by atomic mass is 35.5. The number of nitrogens with zero attached hydrogens (tertiary/aromatic N) is 2. The number of halogens is 1. The largest absolute Gasteiger partial charge is 0.466 e. The van der Waals surface area contributed by atoms with Crippen LogP contribution >= 0.6 is 11.6 Å². The minimum absolute atomic E-state index is 0.00230. The number of carbonyl (C=O) groups is 2. The molecule has 0 saturated heterocycles. The zero-order valence-corrected chi connectivity index (χ0v) is 21.8. The summed E-state index contributed by atoms with van der Waals surface area (Å²) in [5.41, 5.74) is 2.13. The maximum Gasteiger partial charge on any atom is 0.314 e. The summed E-state index contributed by atoms with van der Waals surface area (Å²) < 4.78 is 11.0. The molecular formula is C27H33ClN4O5. The number of esters is 1. The van der Waals surface area contributed by atoms with E-state index in [9.17, 15) is 9.59 Å². The number of H-pyrrole nitrogens is 1. The molecule has 1 aromatic heterocycles. The van der Waals surface area contributed by atoms with Gasteiger partial charge in [0.05, 0.1) is 24.8 Å². The lowest BCUT2D eigenvalue weighted by atomic mass is 9.82. The molecule has 0 aliphatic rings. The summed E-state index contributed by atoms with van der Waals surface area (Å²) in [6, 6.07) is 15.2. The average molecular weight is 529 g/mol. The van der Waals surface area contributed by atoms with Crippen molar-refractivity contribution in [2.24, 2.45) is 5.41 Å². The van der Waals surface area contributed by atoms with E-state index in [0.29, 0.717) is 24.5 Å². The van der Waals surface area contributed by atoms with Crippen LogP contribution in [0.25, 0.3) is 11.1 Å². The molecular weight excluding hydrogens is 496 g/mol. The standard InChI is InChI=1S/C27H33ClN4O5/c1-3-37-26(35)27(2,18-36-13-5-12-33)16-23(30-25(34)24-17-29-32-31-24)14-19-8-10-20(11-9-19)21-6-4-7-22(28)15-21/h4,6-11,15,17,23,33H,3,5,12-14,16,18H2,1-2H3,(H,30,34)(H,29,31,32)/t23-,27+/m1/s1. The summed E-state index contributed by atoms with van der Waals surface area (Å²) >= 11 is 6.14. The van der Waals surface area contributed by atoms with E-state index in [1.54, 1.807) is 13.8 Å². The van der Waals surface area contributed by atoms with Crippen molar-refractivity contribution in [1.82, 2.24) is 20.7 Å². The summed E-state index contributed by atoms with van der Waals surface area (Å²) in [5.74, 6) is -0.808. The second-order valence-corrected chi connectivity index (χ2v) is 9.49. The number of aliphatic hydroxyl groups is 1. The first-order valence-electron chi connectivity index (χ1n) is 12.2. The van der Waals surface area contributed by atoms with Crippen molar-refractivity contribution in [1.29, 1.82) is 0 Å².